The molecule has 0 unspecified atom stereocenters. The van der Waals surface area contributed by atoms with Gasteiger partial charge in [0.1, 0.15) is 0 Å². The lowest BCUT2D eigenvalue weighted by Crippen LogP contribution is -2.49. The molecule has 1 saturated heterocycles. The van der Waals surface area contributed by atoms with E-state index in [-0.39, 0.29) is 0 Å². The second-order valence-corrected chi connectivity index (χ2v) is 4.12. The van der Waals surface area contributed by atoms with Crippen LogP contribution >= 0.6 is 0 Å². The van der Waals surface area contributed by atoms with Gasteiger partial charge < -0.3 is 0 Å². The Hall–Kier alpha value is -0.550. The first-order valence-corrected chi connectivity index (χ1v) is 5.02. The fourth-order valence-electron chi connectivity index (χ4n) is 1.74. The van der Waals surface area contributed by atoms with Crippen LogP contribution in [0, 0.1) is 0 Å². The van der Waals surface area contributed by atoms with Crippen molar-refractivity contribution in [3.63, 3.8) is 0 Å². The van der Waals surface area contributed by atoms with Gasteiger partial charge in [0.2, 0.25) is 0 Å². The number of halogens is 3. The summed E-state index contributed by atoms with van der Waals surface area (Å²) >= 11 is 0. The zero-order chi connectivity index (χ0) is 11.5. The standard InChI is InChI=1S/C10H17F3N2/c1-9(2)7-14-3-5-15(6-4-14)8-10(11,12)13/h1,3-8H2,2H3. The second-order valence-electron chi connectivity index (χ2n) is 4.12. The molecular formula is C10H17F3N2. The van der Waals surface area contributed by atoms with Gasteiger partial charge in [-0.05, 0) is 6.92 Å². The van der Waals surface area contributed by atoms with Crippen molar-refractivity contribution in [3.8, 4) is 0 Å². The first kappa shape index (κ1) is 12.5. The van der Waals surface area contributed by atoms with Gasteiger partial charge in [0.05, 0.1) is 6.54 Å². The van der Waals surface area contributed by atoms with Crippen molar-refractivity contribution in [3.05, 3.63) is 12.2 Å². The zero-order valence-electron chi connectivity index (χ0n) is 8.98. The third-order valence-electron chi connectivity index (χ3n) is 2.36. The minimum absolute atomic E-state index is 0.493. The van der Waals surface area contributed by atoms with Crippen LogP contribution in [0.15, 0.2) is 12.2 Å². The van der Waals surface area contributed by atoms with Gasteiger partial charge in [-0.25, -0.2) is 0 Å². The summed E-state index contributed by atoms with van der Waals surface area (Å²) in [5.74, 6) is 0. The average Bonchev–Trinajstić information content (AvgIpc) is 2.05. The fraction of sp³-hybridized carbons (Fsp3) is 0.800. The summed E-state index contributed by atoms with van der Waals surface area (Å²) in [5.41, 5.74) is 1.05. The molecule has 1 aliphatic rings. The number of nitrogens with zero attached hydrogens (tertiary/aromatic N) is 2. The first-order chi connectivity index (χ1) is 6.87. The summed E-state index contributed by atoms with van der Waals surface area (Å²) < 4.78 is 36.2. The topological polar surface area (TPSA) is 6.48 Å². The molecule has 15 heavy (non-hydrogen) atoms. The molecule has 0 aromatic carbocycles. The van der Waals surface area contributed by atoms with Gasteiger partial charge in [0.15, 0.2) is 0 Å². The van der Waals surface area contributed by atoms with E-state index in [1.54, 1.807) is 0 Å². The Morgan fingerprint density at radius 2 is 1.60 bits per heavy atom. The Kier molecular flexibility index (Phi) is 4.16. The Bertz CT molecular complexity index is 217. The highest BCUT2D eigenvalue weighted by Gasteiger charge is 2.31. The van der Waals surface area contributed by atoms with Crippen molar-refractivity contribution in [1.82, 2.24) is 9.80 Å². The van der Waals surface area contributed by atoms with E-state index in [1.165, 1.54) is 4.90 Å². The van der Waals surface area contributed by atoms with Crippen LogP contribution < -0.4 is 0 Å². The minimum Gasteiger partial charge on any atom is -0.297 e. The third-order valence-corrected chi connectivity index (χ3v) is 2.36. The number of hydrogen-bond donors (Lipinski definition) is 0. The first-order valence-electron chi connectivity index (χ1n) is 5.02. The van der Waals surface area contributed by atoms with Crippen LogP contribution in [0.1, 0.15) is 6.92 Å². The molecule has 0 spiro atoms. The number of alkyl halides is 3. The molecule has 1 aliphatic heterocycles. The smallest absolute Gasteiger partial charge is 0.297 e. The van der Waals surface area contributed by atoms with Gasteiger partial charge >= 0.3 is 6.18 Å². The second kappa shape index (κ2) is 4.99. The van der Waals surface area contributed by atoms with Crippen LogP contribution in [-0.2, 0) is 0 Å². The van der Waals surface area contributed by atoms with Gasteiger partial charge in [-0.2, -0.15) is 13.2 Å². The van der Waals surface area contributed by atoms with Crippen LogP contribution in [0.4, 0.5) is 13.2 Å². The van der Waals surface area contributed by atoms with E-state index in [0.717, 1.165) is 12.1 Å². The monoisotopic (exact) mass is 222 g/mol. The Balaban J connectivity index is 2.27. The number of rotatable bonds is 3. The van der Waals surface area contributed by atoms with Crippen LogP contribution in [0.2, 0.25) is 0 Å². The number of piperazine rings is 1. The summed E-state index contributed by atoms with van der Waals surface area (Å²) in [6, 6.07) is 0. The molecule has 88 valence electrons. The molecule has 1 heterocycles. The normalized spacial score (nSPS) is 20.5. The van der Waals surface area contributed by atoms with Crippen molar-refractivity contribution >= 4 is 0 Å². The molecule has 1 fully saturated rings. The SMILES string of the molecule is C=C(C)CN1CCN(CC(F)(F)F)CC1. The van der Waals surface area contributed by atoms with Crippen molar-refractivity contribution in [1.29, 1.82) is 0 Å². The van der Waals surface area contributed by atoms with Gasteiger partial charge in [0, 0.05) is 32.7 Å². The molecule has 5 heteroatoms. The van der Waals surface area contributed by atoms with Crippen LogP contribution in [-0.4, -0.2) is 55.2 Å². The van der Waals surface area contributed by atoms with Gasteiger partial charge in [-0.3, -0.25) is 9.80 Å². The highest BCUT2D eigenvalue weighted by molar-refractivity contribution is 4.93. The van der Waals surface area contributed by atoms with Crippen molar-refractivity contribution < 1.29 is 13.2 Å². The quantitative estimate of drug-likeness (QED) is 0.671. The largest absolute Gasteiger partial charge is 0.401 e. The predicted molar refractivity (Wildman–Crippen MR) is 53.7 cm³/mol. The van der Waals surface area contributed by atoms with E-state index in [4.69, 9.17) is 0 Å². The Morgan fingerprint density at radius 3 is 2.00 bits per heavy atom. The van der Waals surface area contributed by atoms with E-state index in [0.29, 0.717) is 26.2 Å². The van der Waals surface area contributed by atoms with Crippen molar-refractivity contribution in [2.75, 3.05) is 39.3 Å². The lowest BCUT2D eigenvalue weighted by atomic mass is 10.2. The maximum Gasteiger partial charge on any atom is 0.401 e. The highest BCUT2D eigenvalue weighted by Crippen LogP contribution is 2.17. The molecule has 0 aromatic heterocycles. The molecular weight excluding hydrogens is 205 g/mol. The molecule has 1 rings (SSSR count). The minimum atomic E-state index is -4.07. The van der Waals surface area contributed by atoms with Crippen molar-refractivity contribution in [2.45, 2.75) is 13.1 Å². The molecule has 0 radical (unpaired) electrons. The fourth-order valence-corrected chi connectivity index (χ4v) is 1.74. The molecule has 0 aliphatic carbocycles. The third kappa shape index (κ3) is 5.18. The van der Waals surface area contributed by atoms with Crippen LogP contribution in [0.25, 0.3) is 0 Å². The maximum absolute atomic E-state index is 12.1. The molecule has 0 N–H and O–H groups in total. The summed E-state index contributed by atoms with van der Waals surface area (Å²) in [5, 5.41) is 0. The summed E-state index contributed by atoms with van der Waals surface area (Å²) in [6.07, 6.45) is -4.07. The van der Waals surface area contributed by atoms with E-state index < -0.39 is 12.7 Å². The molecule has 2 nitrogen and oxygen atoms in total. The van der Waals surface area contributed by atoms with E-state index in [9.17, 15) is 13.2 Å². The van der Waals surface area contributed by atoms with Crippen LogP contribution in [0.3, 0.4) is 0 Å². The molecule has 0 bridgehead atoms. The van der Waals surface area contributed by atoms with Gasteiger partial charge in [0.25, 0.3) is 0 Å². The molecule has 0 atom stereocenters. The molecule has 0 saturated carbocycles. The maximum atomic E-state index is 12.1. The van der Waals surface area contributed by atoms with Gasteiger partial charge in [-0.15, -0.1) is 0 Å². The Labute approximate surface area is 88.3 Å². The lowest BCUT2D eigenvalue weighted by molar-refractivity contribution is -0.149. The predicted octanol–water partition coefficient (Wildman–Crippen LogP) is 1.74. The highest BCUT2D eigenvalue weighted by atomic mass is 19.4. The van der Waals surface area contributed by atoms with Crippen molar-refractivity contribution in [2.24, 2.45) is 0 Å². The molecule has 0 amide bonds. The summed E-state index contributed by atoms with van der Waals surface area (Å²) in [4.78, 5) is 3.59. The van der Waals surface area contributed by atoms with E-state index in [2.05, 4.69) is 11.5 Å². The summed E-state index contributed by atoms with van der Waals surface area (Å²) in [6.45, 7) is 8.11. The zero-order valence-corrected chi connectivity index (χ0v) is 8.98. The summed E-state index contributed by atoms with van der Waals surface area (Å²) in [7, 11) is 0. The average molecular weight is 222 g/mol. The van der Waals surface area contributed by atoms with E-state index >= 15 is 0 Å². The molecule has 0 aromatic rings. The lowest BCUT2D eigenvalue weighted by Gasteiger charge is -2.34. The van der Waals surface area contributed by atoms with Crippen LogP contribution in [0.5, 0.6) is 0 Å². The van der Waals surface area contributed by atoms with E-state index in [1.807, 2.05) is 6.92 Å². The number of hydrogen-bond acceptors (Lipinski definition) is 2. The van der Waals surface area contributed by atoms with Gasteiger partial charge in [-0.1, -0.05) is 12.2 Å². The Morgan fingerprint density at radius 1 is 1.13 bits per heavy atom.